The van der Waals surface area contributed by atoms with Gasteiger partial charge in [-0.3, -0.25) is 4.79 Å². The lowest BCUT2D eigenvalue weighted by atomic mass is 10.1. The fourth-order valence-corrected chi connectivity index (χ4v) is 3.52. The van der Waals surface area contributed by atoms with Gasteiger partial charge in [-0.25, -0.2) is 4.79 Å². The van der Waals surface area contributed by atoms with Crippen molar-refractivity contribution in [1.82, 2.24) is 9.47 Å². The van der Waals surface area contributed by atoms with Crippen LogP contribution in [0.5, 0.6) is 5.75 Å². The number of hydrogen-bond donors (Lipinski definition) is 1. The van der Waals surface area contributed by atoms with Crippen LogP contribution in [0.4, 0.5) is 10.5 Å². The highest BCUT2D eigenvalue weighted by Crippen LogP contribution is 2.30. The number of cyclic esters (lactones) is 1. The molecule has 1 aliphatic heterocycles. The summed E-state index contributed by atoms with van der Waals surface area (Å²) in [7, 11) is 1.51. The van der Waals surface area contributed by atoms with E-state index in [1.54, 1.807) is 29.2 Å². The Morgan fingerprint density at radius 2 is 1.93 bits per heavy atom. The number of amides is 2. The molecule has 2 heterocycles. The second-order valence-corrected chi connectivity index (χ2v) is 7.19. The largest absolute Gasteiger partial charge is 0.496 e. The molecular weight excluding hydrogens is 406 g/mol. The van der Waals surface area contributed by atoms with Gasteiger partial charge in [-0.05, 0) is 35.9 Å². The molecule has 1 aliphatic rings. The van der Waals surface area contributed by atoms with Gasteiger partial charge in [0, 0.05) is 30.7 Å². The summed E-state index contributed by atoms with van der Waals surface area (Å²) in [6.45, 7) is 1.47. The maximum Gasteiger partial charge on any atom is 0.410 e. The first-order valence-corrected chi connectivity index (χ1v) is 9.76. The second kappa shape index (κ2) is 8.51. The smallest absolute Gasteiger partial charge is 0.410 e. The van der Waals surface area contributed by atoms with Crippen molar-refractivity contribution in [3.63, 3.8) is 0 Å². The summed E-state index contributed by atoms with van der Waals surface area (Å²) in [6, 6.07) is 14.4. The van der Waals surface area contributed by atoms with Gasteiger partial charge < -0.3 is 24.3 Å². The van der Waals surface area contributed by atoms with Crippen LogP contribution >= 0.6 is 11.6 Å². The average molecular weight is 426 g/mol. The molecule has 3 aromatic rings. The number of nitrogens with zero attached hydrogens (tertiary/aromatic N) is 2. The fraction of sp³-hybridized carbons (Fsp3) is 0.182. The normalized spacial score (nSPS) is 13.3. The van der Waals surface area contributed by atoms with Crippen molar-refractivity contribution in [3.05, 3.63) is 77.1 Å². The topological polar surface area (TPSA) is 72.8 Å². The van der Waals surface area contributed by atoms with Crippen molar-refractivity contribution >= 4 is 29.3 Å². The highest BCUT2D eigenvalue weighted by atomic mass is 35.5. The number of carbonyl (C=O) groups excluding carboxylic acids is 2. The van der Waals surface area contributed by atoms with Crippen LogP contribution in [-0.2, 0) is 11.3 Å². The number of nitrogens with one attached hydrogen (secondary N) is 1. The van der Waals surface area contributed by atoms with Crippen molar-refractivity contribution < 1.29 is 19.1 Å². The highest BCUT2D eigenvalue weighted by Gasteiger charge is 2.22. The summed E-state index contributed by atoms with van der Waals surface area (Å²) in [4.78, 5) is 26.0. The van der Waals surface area contributed by atoms with E-state index in [0.29, 0.717) is 41.7 Å². The Bertz CT molecular complexity index is 1060. The van der Waals surface area contributed by atoms with Crippen LogP contribution in [-0.4, -0.2) is 41.7 Å². The van der Waals surface area contributed by atoms with Crippen molar-refractivity contribution in [2.45, 2.75) is 6.54 Å². The molecule has 2 amide bonds. The van der Waals surface area contributed by atoms with Crippen LogP contribution in [0.2, 0.25) is 5.02 Å². The number of anilines is 1. The molecular formula is C22H20ClN3O4. The predicted octanol–water partition coefficient (Wildman–Crippen LogP) is 4.34. The maximum absolute atomic E-state index is 12.8. The summed E-state index contributed by atoms with van der Waals surface area (Å²) in [5.74, 6) is 0.0912. The Balaban J connectivity index is 1.49. The molecule has 8 heteroatoms. The van der Waals surface area contributed by atoms with Gasteiger partial charge >= 0.3 is 6.09 Å². The van der Waals surface area contributed by atoms with E-state index in [1.165, 1.54) is 7.11 Å². The maximum atomic E-state index is 12.8. The lowest BCUT2D eigenvalue weighted by molar-refractivity contribution is 0.102. The van der Waals surface area contributed by atoms with Crippen LogP contribution in [0, 0.1) is 0 Å². The number of rotatable bonds is 6. The van der Waals surface area contributed by atoms with Gasteiger partial charge in [-0.2, -0.15) is 0 Å². The zero-order valence-corrected chi connectivity index (χ0v) is 17.1. The molecule has 0 unspecified atom stereocenters. The molecule has 4 rings (SSSR count). The van der Waals surface area contributed by atoms with Crippen molar-refractivity contribution in [2.24, 2.45) is 0 Å². The third kappa shape index (κ3) is 4.11. The number of hydrogen-bond acceptors (Lipinski definition) is 4. The molecule has 0 bridgehead atoms. The number of carbonyl (C=O) groups is 2. The van der Waals surface area contributed by atoms with E-state index < -0.39 is 0 Å². The third-order valence-electron chi connectivity index (χ3n) is 4.83. The molecule has 7 nitrogen and oxygen atoms in total. The molecule has 30 heavy (non-hydrogen) atoms. The summed E-state index contributed by atoms with van der Waals surface area (Å²) < 4.78 is 12.2. The van der Waals surface area contributed by atoms with E-state index in [1.807, 2.05) is 41.2 Å². The minimum absolute atomic E-state index is 0.306. The van der Waals surface area contributed by atoms with Gasteiger partial charge in [0.15, 0.2) is 0 Å². The molecule has 1 saturated heterocycles. The molecule has 0 aliphatic carbocycles. The van der Waals surface area contributed by atoms with Gasteiger partial charge in [0.2, 0.25) is 0 Å². The van der Waals surface area contributed by atoms with E-state index in [-0.39, 0.29) is 12.0 Å². The van der Waals surface area contributed by atoms with E-state index >= 15 is 0 Å². The first-order chi connectivity index (χ1) is 14.5. The summed E-state index contributed by atoms with van der Waals surface area (Å²) in [6.07, 6.45) is 3.42. The van der Waals surface area contributed by atoms with Crippen LogP contribution in [0.3, 0.4) is 0 Å². The first-order valence-electron chi connectivity index (χ1n) is 9.38. The average Bonchev–Trinajstić information content (AvgIpc) is 3.41. The number of halogens is 1. The van der Waals surface area contributed by atoms with Crippen molar-refractivity contribution in [3.8, 4) is 11.4 Å². The van der Waals surface area contributed by atoms with E-state index in [4.69, 9.17) is 21.1 Å². The molecule has 1 fully saturated rings. The molecule has 0 radical (unpaired) electrons. The summed E-state index contributed by atoms with van der Waals surface area (Å²) in [5.41, 5.74) is 2.63. The zero-order chi connectivity index (χ0) is 21.1. The standard InChI is InChI=1S/C22H20ClN3O4/c1-29-20-13-19(25-8-2-3-9-25)18(23)12-17(20)21(27)24-16-6-4-15(5-7-16)14-26-10-11-30-22(26)28/h2-9,12-13H,10-11,14H2,1H3,(H,24,27). The van der Waals surface area contributed by atoms with Crippen molar-refractivity contribution in [2.75, 3.05) is 25.6 Å². The van der Waals surface area contributed by atoms with Crippen LogP contribution in [0.15, 0.2) is 60.9 Å². The molecule has 0 saturated carbocycles. The summed E-state index contributed by atoms with van der Waals surface area (Å²) >= 11 is 6.41. The number of benzene rings is 2. The SMILES string of the molecule is COc1cc(-n2cccc2)c(Cl)cc1C(=O)Nc1ccc(CN2CCOC2=O)cc1. The Morgan fingerprint density at radius 1 is 1.20 bits per heavy atom. The van der Waals surface area contributed by atoms with Crippen molar-refractivity contribution in [1.29, 1.82) is 0 Å². The molecule has 154 valence electrons. The Hall–Kier alpha value is -3.45. The van der Waals surface area contributed by atoms with Gasteiger partial charge in [-0.1, -0.05) is 23.7 Å². The highest BCUT2D eigenvalue weighted by molar-refractivity contribution is 6.33. The predicted molar refractivity (Wildman–Crippen MR) is 113 cm³/mol. The lowest BCUT2D eigenvalue weighted by Crippen LogP contribution is -2.23. The van der Waals surface area contributed by atoms with Gasteiger partial charge in [-0.15, -0.1) is 0 Å². The lowest BCUT2D eigenvalue weighted by Gasteiger charge is -2.15. The fourth-order valence-electron chi connectivity index (χ4n) is 3.26. The Labute approximate surface area is 178 Å². The summed E-state index contributed by atoms with van der Waals surface area (Å²) in [5, 5.41) is 3.29. The van der Waals surface area contributed by atoms with Gasteiger partial charge in [0.25, 0.3) is 5.91 Å². The third-order valence-corrected chi connectivity index (χ3v) is 5.13. The van der Waals surface area contributed by atoms with E-state index in [9.17, 15) is 9.59 Å². The Kier molecular flexibility index (Phi) is 5.63. The minimum atomic E-state index is -0.330. The van der Waals surface area contributed by atoms with Gasteiger partial charge in [0.1, 0.15) is 12.4 Å². The number of ether oxygens (including phenoxy) is 2. The van der Waals surface area contributed by atoms with E-state index in [0.717, 1.165) is 11.3 Å². The van der Waals surface area contributed by atoms with Gasteiger partial charge in [0.05, 0.1) is 29.9 Å². The minimum Gasteiger partial charge on any atom is -0.496 e. The molecule has 0 atom stereocenters. The second-order valence-electron chi connectivity index (χ2n) is 6.78. The zero-order valence-electron chi connectivity index (χ0n) is 16.3. The van der Waals surface area contributed by atoms with Crippen LogP contribution in [0.25, 0.3) is 5.69 Å². The molecule has 2 aromatic carbocycles. The Morgan fingerprint density at radius 3 is 2.57 bits per heavy atom. The molecule has 1 N–H and O–H groups in total. The molecule has 0 spiro atoms. The number of aromatic nitrogens is 1. The van der Waals surface area contributed by atoms with Crippen LogP contribution < -0.4 is 10.1 Å². The number of methoxy groups -OCH3 is 1. The van der Waals surface area contributed by atoms with Crippen LogP contribution in [0.1, 0.15) is 15.9 Å². The monoisotopic (exact) mass is 425 g/mol. The molecule has 1 aromatic heterocycles. The quantitative estimate of drug-likeness (QED) is 0.637. The van der Waals surface area contributed by atoms with E-state index in [2.05, 4.69) is 5.32 Å². The first kappa shape index (κ1) is 19.8.